The highest BCUT2D eigenvalue weighted by molar-refractivity contribution is 9.10. The summed E-state index contributed by atoms with van der Waals surface area (Å²) in [5, 5.41) is 8.05. The number of guanidine groups is 1. The first-order valence-corrected chi connectivity index (χ1v) is 9.85. The highest BCUT2D eigenvalue weighted by atomic mass is 79.9. The van der Waals surface area contributed by atoms with Gasteiger partial charge in [0.15, 0.2) is 5.96 Å². The number of nitrogens with one attached hydrogen (secondary N) is 2. The number of hydrogen-bond acceptors (Lipinski definition) is 3. The van der Waals surface area contributed by atoms with Gasteiger partial charge in [-0.2, -0.15) is 0 Å². The first-order chi connectivity index (χ1) is 11.6. The number of aryl methyl sites for hydroxylation is 1. The van der Waals surface area contributed by atoms with Crippen LogP contribution in [0.1, 0.15) is 28.3 Å². The molecular weight excluding hydrogens is 384 g/mol. The van der Waals surface area contributed by atoms with Crippen molar-refractivity contribution in [3.05, 3.63) is 50.4 Å². The lowest BCUT2D eigenvalue weighted by molar-refractivity contribution is 0.643. The van der Waals surface area contributed by atoms with E-state index in [2.05, 4.69) is 67.7 Å². The van der Waals surface area contributed by atoms with Gasteiger partial charge in [0.1, 0.15) is 0 Å². The van der Waals surface area contributed by atoms with Crippen LogP contribution < -0.4 is 10.6 Å². The highest BCUT2D eigenvalue weighted by Gasteiger charge is 2.45. The fourth-order valence-electron chi connectivity index (χ4n) is 2.86. The molecule has 1 saturated carbocycles. The molecule has 0 saturated heterocycles. The number of halogens is 1. The number of rotatable bonds is 6. The molecule has 2 aromatic rings. The van der Waals surface area contributed by atoms with Crippen LogP contribution in [0.4, 0.5) is 0 Å². The van der Waals surface area contributed by atoms with E-state index in [1.54, 1.807) is 11.3 Å². The van der Waals surface area contributed by atoms with Crippen LogP contribution in [-0.2, 0) is 11.8 Å². The molecule has 128 valence electrons. The Morgan fingerprint density at radius 2 is 2.12 bits per heavy atom. The van der Waals surface area contributed by atoms with Crippen LogP contribution in [0.15, 0.2) is 39.9 Å². The van der Waals surface area contributed by atoms with Crippen LogP contribution in [0.25, 0.3) is 0 Å². The molecule has 0 atom stereocenters. The molecule has 2 N–H and O–H groups in total. The van der Waals surface area contributed by atoms with Crippen molar-refractivity contribution in [2.75, 3.05) is 20.1 Å². The van der Waals surface area contributed by atoms with Crippen molar-refractivity contribution in [1.29, 1.82) is 0 Å². The summed E-state index contributed by atoms with van der Waals surface area (Å²) in [5.41, 5.74) is 1.63. The number of aliphatic imine (C=N–C) groups is 1. The maximum absolute atomic E-state index is 4.40. The average Bonchev–Trinajstić information content (AvgIpc) is 3.26. The SMILES string of the molecule is CN=C(NCCc1ncc(C)s1)NCC1(c2ccccc2Br)CC1. The second kappa shape index (κ2) is 7.66. The molecule has 1 aliphatic rings. The zero-order chi connectivity index (χ0) is 17.0. The van der Waals surface area contributed by atoms with Crippen molar-refractivity contribution in [3.63, 3.8) is 0 Å². The van der Waals surface area contributed by atoms with Crippen molar-refractivity contribution in [2.45, 2.75) is 31.6 Å². The quantitative estimate of drug-likeness (QED) is 0.568. The summed E-state index contributed by atoms with van der Waals surface area (Å²) in [6.45, 7) is 3.84. The minimum absolute atomic E-state index is 0.240. The summed E-state index contributed by atoms with van der Waals surface area (Å²) < 4.78 is 1.20. The molecule has 1 aromatic heterocycles. The molecule has 0 amide bonds. The molecule has 0 radical (unpaired) electrons. The van der Waals surface area contributed by atoms with Gasteiger partial charge in [-0.15, -0.1) is 11.3 Å². The van der Waals surface area contributed by atoms with Crippen molar-refractivity contribution >= 4 is 33.2 Å². The Hall–Kier alpha value is -1.40. The van der Waals surface area contributed by atoms with Gasteiger partial charge in [0.25, 0.3) is 0 Å². The van der Waals surface area contributed by atoms with Gasteiger partial charge in [0.05, 0.1) is 5.01 Å². The molecule has 1 heterocycles. The van der Waals surface area contributed by atoms with E-state index in [-0.39, 0.29) is 5.41 Å². The summed E-state index contributed by atoms with van der Waals surface area (Å²) in [4.78, 5) is 9.99. The van der Waals surface area contributed by atoms with E-state index in [1.165, 1.54) is 32.8 Å². The van der Waals surface area contributed by atoms with Crippen LogP contribution in [0.2, 0.25) is 0 Å². The molecule has 0 unspecified atom stereocenters. The Labute approximate surface area is 155 Å². The van der Waals surface area contributed by atoms with Crippen molar-refractivity contribution in [1.82, 2.24) is 15.6 Å². The van der Waals surface area contributed by atoms with E-state index in [0.717, 1.165) is 25.5 Å². The van der Waals surface area contributed by atoms with E-state index in [4.69, 9.17) is 0 Å². The normalized spacial score (nSPS) is 16.0. The number of benzene rings is 1. The van der Waals surface area contributed by atoms with Gasteiger partial charge in [-0.1, -0.05) is 34.1 Å². The minimum Gasteiger partial charge on any atom is -0.356 e. The molecule has 1 aliphatic carbocycles. The van der Waals surface area contributed by atoms with Crippen LogP contribution in [0, 0.1) is 6.92 Å². The maximum Gasteiger partial charge on any atom is 0.191 e. The van der Waals surface area contributed by atoms with Gasteiger partial charge >= 0.3 is 0 Å². The van der Waals surface area contributed by atoms with Crippen molar-refractivity contribution in [2.24, 2.45) is 4.99 Å². The van der Waals surface area contributed by atoms with Crippen molar-refractivity contribution < 1.29 is 0 Å². The predicted octanol–water partition coefficient (Wildman–Crippen LogP) is 3.65. The fourth-order valence-corrected chi connectivity index (χ4v) is 4.35. The number of aromatic nitrogens is 1. The van der Waals surface area contributed by atoms with Gasteiger partial charge in [-0.05, 0) is 31.4 Å². The van der Waals surface area contributed by atoms with E-state index < -0.39 is 0 Å². The van der Waals surface area contributed by atoms with Gasteiger partial charge in [0.2, 0.25) is 0 Å². The van der Waals surface area contributed by atoms with E-state index in [0.29, 0.717) is 0 Å². The van der Waals surface area contributed by atoms with Crippen LogP contribution in [0.5, 0.6) is 0 Å². The zero-order valence-electron chi connectivity index (χ0n) is 14.1. The number of nitrogens with zero attached hydrogens (tertiary/aromatic N) is 2. The third-order valence-corrected chi connectivity index (χ3v) is 6.08. The van der Waals surface area contributed by atoms with Gasteiger partial charge in [-0.3, -0.25) is 4.99 Å². The lowest BCUT2D eigenvalue weighted by Crippen LogP contribution is -2.42. The third kappa shape index (κ3) is 4.16. The molecule has 0 aliphatic heterocycles. The van der Waals surface area contributed by atoms with Crippen LogP contribution in [0.3, 0.4) is 0 Å². The van der Waals surface area contributed by atoms with Crippen LogP contribution in [-0.4, -0.2) is 31.1 Å². The van der Waals surface area contributed by atoms with E-state index in [9.17, 15) is 0 Å². The fraction of sp³-hybridized carbons (Fsp3) is 0.444. The largest absolute Gasteiger partial charge is 0.356 e. The number of hydrogen-bond donors (Lipinski definition) is 2. The molecule has 0 spiro atoms. The molecular formula is C18H23BrN4S. The summed E-state index contributed by atoms with van der Waals surface area (Å²) >= 11 is 5.44. The molecule has 1 aromatic carbocycles. The Balaban J connectivity index is 1.50. The Bertz CT molecular complexity index is 721. The van der Waals surface area contributed by atoms with E-state index in [1.807, 2.05) is 13.2 Å². The van der Waals surface area contributed by atoms with Crippen LogP contribution >= 0.6 is 27.3 Å². The standard InChI is InChI=1S/C18H23BrN4S/c1-13-11-22-16(24-13)7-10-21-17(20-2)23-12-18(8-9-18)14-5-3-4-6-15(14)19/h3-6,11H,7-10,12H2,1-2H3,(H2,20,21,23). The lowest BCUT2D eigenvalue weighted by Gasteiger charge is -2.20. The first kappa shape index (κ1) is 17.4. The third-order valence-electron chi connectivity index (χ3n) is 4.42. The average molecular weight is 407 g/mol. The number of thiazole rings is 1. The maximum atomic E-state index is 4.40. The minimum atomic E-state index is 0.240. The Morgan fingerprint density at radius 1 is 1.33 bits per heavy atom. The summed E-state index contributed by atoms with van der Waals surface area (Å²) in [5.74, 6) is 0.863. The Kier molecular flexibility index (Phi) is 5.56. The molecule has 24 heavy (non-hydrogen) atoms. The van der Waals surface area contributed by atoms with Gasteiger partial charge < -0.3 is 10.6 Å². The van der Waals surface area contributed by atoms with Crippen molar-refractivity contribution in [3.8, 4) is 0 Å². The molecule has 0 bridgehead atoms. The highest BCUT2D eigenvalue weighted by Crippen LogP contribution is 2.49. The first-order valence-electron chi connectivity index (χ1n) is 8.24. The smallest absolute Gasteiger partial charge is 0.191 e. The zero-order valence-corrected chi connectivity index (χ0v) is 16.5. The molecule has 6 heteroatoms. The molecule has 4 nitrogen and oxygen atoms in total. The second-order valence-electron chi connectivity index (χ2n) is 6.23. The summed E-state index contributed by atoms with van der Waals surface area (Å²) in [6.07, 6.45) is 5.30. The molecule has 1 fully saturated rings. The van der Waals surface area contributed by atoms with E-state index >= 15 is 0 Å². The Morgan fingerprint density at radius 3 is 2.75 bits per heavy atom. The second-order valence-corrected chi connectivity index (χ2v) is 8.40. The molecule has 3 rings (SSSR count). The predicted molar refractivity (Wildman–Crippen MR) is 105 cm³/mol. The topological polar surface area (TPSA) is 49.3 Å². The summed E-state index contributed by atoms with van der Waals surface area (Å²) in [6, 6.07) is 8.53. The summed E-state index contributed by atoms with van der Waals surface area (Å²) in [7, 11) is 1.82. The van der Waals surface area contributed by atoms with Gasteiger partial charge in [0, 0.05) is 47.5 Å². The van der Waals surface area contributed by atoms with Gasteiger partial charge in [-0.25, -0.2) is 4.98 Å². The lowest BCUT2D eigenvalue weighted by atomic mass is 9.96. The monoisotopic (exact) mass is 406 g/mol.